The maximum absolute atomic E-state index is 13.0. The van der Waals surface area contributed by atoms with Gasteiger partial charge in [-0.2, -0.15) is 0 Å². The number of anilines is 1. The minimum absolute atomic E-state index is 0.0747. The molecule has 3 N–H and O–H groups in total. The lowest BCUT2D eigenvalue weighted by atomic mass is 10.00. The van der Waals surface area contributed by atoms with Crippen molar-refractivity contribution in [3.05, 3.63) is 96.7 Å². The number of amides is 2. The summed E-state index contributed by atoms with van der Waals surface area (Å²) in [6, 6.07) is 14.4. The van der Waals surface area contributed by atoms with Gasteiger partial charge in [0.2, 0.25) is 11.8 Å². The molecule has 0 saturated carbocycles. The first kappa shape index (κ1) is 31.0. The number of carbonyl (C=O) groups excluding carboxylic acids is 2. The van der Waals surface area contributed by atoms with Crippen LogP contribution in [0.3, 0.4) is 0 Å². The van der Waals surface area contributed by atoms with Crippen LogP contribution in [0.25, 0.3) is 22.4 Å². The van der Waals surface area contributed by atoms with Crippen LogP contribution in [0.15, 0.2) is 64.3 Å². The van der Waals surface area contributed by atoms with Gasteiger partial charge in [0.05, 0.1) is 28.5 Å². The molecule has 0 bridgehead atoms. The van der Waals surface area contributed by atoms with Crippen LogP contribution in [0.1, 0.15) is 28.8 Å². The average molecular weight is 638 g/mol. The summed E-state index contributed by atoms with van der Waals surface area (Å²) in [4.78, 5) is 53.7. The van der Waals surface area contributed by atoms with Crippen LogP contribution in [0.2, 0.25) is 10.0 Å². The van der Waals surface area contributed by atoms with Crippen molar-refractivity contribution in [1.29, 1.82) is 0 Å². The molecular formula is C31H30Cl2N6O5. The summed E-state index contributed by atoms with van der Waals surface area (Å²) in [5, 5.41) is 9.57. The molecule has 4 aromatic rings. The lowest BCUT2D eigenvalue weighted by Crippen LogP contribution is -2.40. The number of hydrogen-bond acceptors (Lipinski definition) is 7. The third kappa shape index (κ3) is 6.26. The minimum Gasteiger partial charge on any atom is -0.481 e. The zero-order valence-corrected chi connectivity index (χ0v) is 25.8. The lowest BCUT2D eigenvalue weighted by Gasteiger charge is -2.16. The molecule has 5 rings (SSSR count). The Bertz CT molecular complexity index is 1890. The summed E-state index contributed by atoms with van der Waals surface area (Å²) < 4.78 is 7.59. The Balaban J connectivity index is 1.40. The summed E-state index contributed by atoms with van der Waals surface area (Å²) in [6.07, 6.45) is 2.55. The molecule has 1 aliphatic heterocycles. The Morgan fingerprint density at radius 3 is 2.43 bits per heavy atom. The fourth-order valence-electron chi connectivity index (χ4n) is 5.07. The second-order valence-corrected chi connectivity index (χ2v) is 11.1. The largest absolute Gasteiger partial charge is 0.481 e. The van der Waals surface area contributed by atoms with E-state index in [0.29, 0.717) is 52.8 Å². The van der Waals surface area contributed by atoms with Gasteiger partial charge in [-0.1, -0.05) is 59.6 Å². The van der Waals surface area contributed by atoms with Gasteiger partial charge in [0, 0.05) is 68.1 Å². The minimum atomic E-state index is -0.722. The maximum atomic E-state index is 13.0. The average Bonchev–Trinajstić information content (AvgIpc) is 3.44. The molecule has 44 heavy (non-hydrogen) atoms. The molecule has 1 aliphatic rings. The van der Waals surface area contributed by atoms with E-state index in [-0.39, 0.29) is 28.2 Å². The zero-order chi connectivity index (χ0) is 31.5. The number of rotatable bonds is 9. The molecule has 1 saturated heterocycles. The summed E-state index contributed by atoms with van der Waals surface area (Å²) in [5.74, 6) is -0.191. The number of aryl methyl sites for hydroxylation is 1. The van der Waals surface area contributed by atoms with E-state index in [4.69, 9.17) is 32.9 Å². The van der Waals surface area contributed by atoms with E-state index in [1.807, 2.05) is 24.3 Å². The number of aromatic nitrogens is 3. The van der Waals surface area contributed by atoms with Crippen molar-refractivity contribution < 1.29 is 14.3 Å². The van der Waals surface area contributed by atoms with E-state index in [9.17, 15) is 19.2 Å². The van der Waals surface area contributed by atoms with Crippen molar-refractivity contribution in [2.75, 3.05) is 19.0 Å². The van der Waals surface area contributed by atoms with E-state index in [1.54, 1.807) is 31.4 Å². The zero-order valence-electron chi connectivity index (χ0n) is 24.2. The summed E-state index contributed by atoms with van der Waals surface area (Å²) in [7, 11) is 4.31. The molecule has 2 amide bonds. The van der Waals surface area contributed by atoms with Crippen LogP contribution in [0.5, 0.6) is 5.88 Å². The van der Waals surface area contributed by atoms with Gasteiger partial charge in [-0.05, 0) is 18.6 Å². The Kier molecular flexibility index (Phi) is 9.19. The molecule has 2 aromatic carbocycles. The number of halogens is 2. The highest BCUT2D eigenvalue weighted by atomic mass is 35.5. The van der Waals surface area contributed by atoms with Crippen LogP contribution in [-0.2, 0) is 25.4 Å². The third-order valence-electron chi connectivity index (χ3n) is 7.43. The van der Waals surface area contributed by atoms with Gasteiger partial charge in [0.15, 0.2) is 0 Å². The Morgan fingerprint density at radius 1 is 1.02 bits per heavy atom. The van der Waals surface area contributed by atoms with E-state index in [2.05, 4.69) is 16.0 Å². The normalized spacial score (nSPS) is 14.4. The predicted molar refractivity (Wildman–Crippen MR) is 169 cm³/mol. The van der Waals surface area contributed by atoms with Gasteiger partial charge in [-0.3, -0.25) is 19.0 Å². The fourth-order valence-corrected chi connectivity index (χ4v) is 5.67. The lowest BCUT2D eigenvalue weighted by molar-refractivity contribution is -0.119. The van der Waals surface area contributed by atoms with Crippen molar-refractivity contribution in [3.8, 4) is 28.3 Å². The number of carbonyl (C=O) groups is 2. The van der Waals surface area contributed by atoms with Crippen molar-refractivity contribution in [2.24, 2.45) is 14.1 Å². The first-order valence-corrected chi connectivity index (χ1v) is 14.5. The number of nitrogens with one attached hydrogen (secondary N) is 3. The van der Waals surface area contributed by atoms with Crippen molar-refractivity contribution >= 4 is 40.7 Å². The van der Waals surface area contributed by atoms with Gasteiger partial charge in [-0.15, -0.1) is 0 Å². The number of ether oxygens (including phenoxy) is 1. The number of pyridine rings is 1. The second-order valence-electron chi connectivity index (χ2n) is 10.4. The predicted octanol–water partition coefficient (Wildman–Crippen LogP) is 3.75. The Labute approximate surface area is 262 Å². The number of benzene rings is 2. The Hall–Kier alpha value is -4.45. The first-order chi connectivity index (χ1) is 21.1. The summed E-state index contributed by atoms with van der Waals surface area (Å²) in [5.41, 5.74) is 2.04. The smallest absolute Gasteiger partial charge is 0.330 e. The van der Waals surface area contributed by atoms with Crippen LogP contribution < -0.4 is 31.9 Å². The SMILES string of the molecule is COc1nc(-c2cccc(-c3cccc(NC(=O)c4cn(C)c(=O)n(C)c4=O)c3Cl)c2Cl)ccc1CNCC1CCC(=O)N1. The van der Waals surface area contributed by atoms with E-state index < -0.39 is 17.2 Å². The molecule has 1 fully saturated rings. The molecule has 11 nitrogen and oxygen atoms in total. The standard InChI is InChI=1S/C31H30Cl2N6O5/c1-38-16-22(30(42)39(2)31(38)43)28(41)36-24-9-5-7-20(27(24)33)19-6-4-8-21(26(19)32)23-12-10-17(29(37-23)44-3)14-34-15-18-11-13-25(40)35-18/h4-10,12,16,18,34H,11,13-15H2,1-3H3,(H,35,40)(H,36,41). The third-order valence-corrected chi connectivity index (χ3v) is 8.24. The first-order valence-electron chi connectivity index (χ1n) is 13.8. The maximum Gasteiger partial charge on any atom is 0.330 e. The monoisotopic (exact) mass is 636 g/mol. The number of nitrogens with zero attached hydrogens (tertiary/aromatic N) is 3. The topological polar surface area (TPSA) is 136 Å². The van der Waals surface area contributed by atoms with E-state index in [1.165, 1.54) is 20.3 Å². The van der Waals surface area contributed by atoms with Crippen LogP contribution >= 0.6 is 23.2 Å². The van der Waals surface area contributed by atoms with Gasteiger partial charge in [0.25, 0.3) is 11.5 Å². The van der Waals surface area contributed by atoms with Gasteiger partial charge >= 0.3 is 5.69 Å². The molecular weight excluding hydrogens is 607 g/mol. The fraction of sp³-hybridized carbons (Fsp3) is 0.258. The highest BCUT2D eigenvalue weighted by Crippen LogP contribution is 2.41. The number of methoxy groups -OCH3 is 1. The number of hydrogen-bond donors (Lipinski definition) is 3. The molecule has 3 heterocycles. The van der Waals surface area contributed by atoms with Crippen molar-refractivity contribution in [2.45, 2.75) is 25.4 Å². The molecule has 0 radical (unpaired) electrons. The van der Waals surface area contributed by atoms with E-state index in [0.717, 1.165) is 21.1 Å². The van der Waals surface area contributed by atoms with Crippen LogP contribution in [-0.4, -0.2) is 45.6 Å². The van der Waals surface area contributed by atoms with Crippen molar-refractivity contribution in [3.63, 3.8) is 0 Å². The highest BCUT2D eigenvalue weighted by molar-refractivity contribution is 6.39. The quantitative estimate of drug-likeness (QED) is 0.254. The van der Waals surface area contributed by atoms with Gasteiger partial charge < -0.3 is 25.3 Å². The molecule has 2 aromatic heterocycles. The molecule has 1 atom stereocenters. The molecule has 0 spiro atoms. The Morgan fingerprint density at radius 2 is 1.73 bits per heavy atom. The van der Waals surface area contributed by atoms with Crippen molar-refractivity contribution in [1.82, 2.24) is 24.8 Å². The van der Waals surface area contributed by atoms with Gasteiger partial charge in [-0.25, -0.2) is 9.78 Å². The molecule has 228 valence electrons. The molecule has 1 unspecified atom stereocenters. The van der Waals surface area contributed by atoms with Crippen LogP contribution in [0.4, 0.5) is 5.69 Å². The van der Waals surface area contributed by atoms with E-state index >= 15 is 0 Å². The van der Waals surface area contributed by atoms with Gasteiger partial charge in [0.1, 0.15) is 5.56 Å². The highest BCUT2D eigenvalue weighted by Gasteiger charge is 2.21. The van der Waals surface area contributed by atoms with Crippen LogP contribution in [0, 0.1) is 0 Å². The summed E-state index contributed by atoms with van der Waals surface area (Å²) >= 11 is 13.7. The second kappa shape index (κ2) is 13.0. The molecule has 0 aliphatic carbocycles. The molecule has 13 heteroatoms. The summed E-state index contributed by atoms with van der Waals surface area (Å²) in [6.45, 7) is 1.16.